The lowest BCUT2D eigenvalue weighted by Gasteiger charge is -2.25. The van der Waals surface area contributed by atoms with Gasteiger partial charge in [-0.05, 0) is 46.5 Å². The molecule has 1 rings (SSSR count). The highest BCUT2D eigenvalue weighted by Crippen LogP contribution is 2.29. The van der Waals surface area contributed by atoms with Crippen molar-refractivity contribution in [1.29, 1.82) is 0 Å². The number of nitrogens with zero attached hydrogens (tertiary/aromatic N) is 1. The van der Waals surface area contributed by atoms with E-state index < -0.39 is 6.10 Å². The number of amides is 2. The molecule has 2 amide bonds. The monoisotopic (exact) mass is 270 g/mol. The maximum Gasteiger partial charge on any atom is 0.251 e. The van der Waals surface area contributed by atoms with Crippen molar-refractivity contribution in [2.24, 2.45) is 5.92 Å². The largest absolute Gasteiger partial charge is 0.368 e. The van der Waals surface area contributed by atoms with Crippen LogP contribution in [0.15, 0.2) is 0 Å². The van der Waals surface area contributed by atoms with Crippen molar-refractivity contribution in [3.8, 4) is 0 Å². The van der Waals surface area contributed by atoms with E-state index in [4.69, 9.17) is 4.74 Å². The van der Waals surface area contributed by atoms with Gasteiger partial charge in [0.05, 0.1) is 13.2 Å². The minimum atomic E-state index is -0.479. The van der Waals surface area contributed by atoms with Gasteiger partial charge in [0.1, 0.15) is 6.10 Å². The van der Waals surface area contributed by atoms with Gasteiger partial charge in [-0.25, -0.2) is 0 Å². The Labute approximate surface area is 115 Å². The molecule has 0 aromatic carbocycles. The lowest BCUT2D eigenvalue weighted by Crippen LogP contribution is -2.48. The van der Waals surface area contributed by atoms with E-state index in [1.807, 2.05) is 20.8 Å². The number of hydrogen-bond acceptors (Lipinski definition) is 3. The van der Waals surface area contributed by atoms with Gasteiger partial charge in [0.2, 0.25) is 5.91 Å². The number of ether oxygens (including phenoxy) is 1. The Morgan fingerprint density at radius 1 is 1.37 bits per heavy atom. The van der Waals surface area contributed by atoms with Crippen molar-refractivity contribution in [2.45, 2.75) is 52.2 Å². The predicted octanol–water partition coefficient (Wildman–Crippen LogP) is 1.17. The van der Waals surface area contributed by atoms with Crippen LogP contribution < -0.4 is 5.32 Å². The number of carbonyl (C=O) groups excluding carboxylic acids is 2. The van der Waals surface area contributed by atoms with Crippen LogP contribution in [0.2, 0.25) is 0 Å². The summed E-state index contributed by atoms with van der Waals surface area (Å²) in [6, 6.07) is 0. The fourth-order valence-corrected chi connectivity index (χ4v) is 1.70. The normalized spacial score (nSPS) is 16.9. The molecule has 1 unspecified atom stereocenters. The lowest BCUT2D eigenvalue weighted by atomic mass is 10.1. The fraction of sp³-hybridized carbons (Fsp3) is 0.857. The second-order valence-electron chi connectivity index (χ2n) is 6.41. The summed E-state index contributed by atoms with van der Waals surface area (Å²) in [5.74, 6) is 0.326. The minimum absolute atomic E-state index is 0.0627. The first-order valence-corrected chi connectivity index (χ1v) is 6.86. The van der Waals surface area contributed by atoms with E-state index >= 15 is 0 Å². The van der Waals surface area contributed by atoms with E-state index in [2.05, 4.69) is 5.32 Å². The van der Waals surface area contributed by atoms with Crippen LogP contribution in [0.25, 0.3) is 0 Å². The van der Waals surface area contributed by atoms with Crippen molar-refractivity contribution < 1.29 is 14.3 Å². The number of hydrogen-bond donors (Lipinski definition) is 1. The van der Waals surface area contributed by atoms with Crippen LogP contribution in [-0.4, -0.2) is 48.6 Å². The maximum atomic E-state index is 12.0. The van der Waals surface area contributed by atoms with Gasteiger partial charge in [-0.15, -0.1) is 0 Å². The Morgan fingerprint density at radius 3 is 2.42 bits per heavy atom. The molecule has 1 N–H and O–H groups in total. The molecule has 5 nitrogen and oxygen atoms in total. The van der Waals surface area contributed by atoms with Gasteiger partial charge in [0, 0.05) is 12.6 Å². The summed E-state index contributed by atoms with van der Waals surface area (Å²) in [4.78, 5) is 25.1. The molecule has 1 saturated carbocycles. The molecule has 0 spiro atoms. The number of rotatable bonds is 6. The van der Waals surface area contributed by atoms with Gasteiger partial charge in [-0.3, -0.25) is 9.59 Å². The first kappa shape index (κ1) is 16.0. The average molecular weight is 270 g/mol. The Hall–Kier alpha value is -1.10. The summed E-state index contributed by atoms with van der Waals surface area (Å²) in [6.07, 6.45) is 1.92. The van der Waals surface area contributed by atoms with Crippen LogP contribution in [0.3, 0.4) is 0 Å². The summed E-state index contributed by atoms with van der Waals surface area (Å²) in [7, 11) is 1.63. The Morgan fingerprint density at radius 2 is 1.95 bits per heavy atom. The third kappa shape index (κ3) is 6.57. The van der Waals surface area contributed by atoms with Crippen molar-refractivity contribution >= 4 is 11.8 Å². The van der Waals surface area contributed by atoms with E-state index in [-0.39, 0.29) is 23.9 Å². The van der Waals surface area contributed by atoms with Crippen LogP contribution >= 0.6 is 0 Å². The molecule has 0 bridgehead atoms. The van der Waals surface area contributed by atoms with Gasteiger partial charge in [-0.1, -0.05) is 0 Å². The molecule has 110 valence electrons. The average Bonchev–Trinajstić information content (AvgIpc) is 3.05. The quantitative estimate of drug-likeness (QED) is 0.788. The first-order valence-electron chi connectivity index (χ1n) is 6.86. The topological polar surface area (TPSA) is 58.6 Å². The molecule has 1 aliphatic rings. The summed E-state index contributed by atoms with van der Waals surface area (Å²) in [6.45, 7) is 8.18. The molecule has 1 atom stereocenters. The fourth-order valence-electron chi connectivity index (χ4n) is 1.70. The third-order valence-corrected chi connectivity index (χ3v) is 2.90. The van der Waals surface area contributed by atoms with Crippen molar-refractivity contribution in [3.05, 3.63) is 0 Å². The molecule has 19 heavy (non-hydrogen) atoms. The molecule has 0 aromatic rings. The van der Waals surface area contributed by atoms with Gasteiger partial charge < -0.3 is 15.0 Å². The summed E-state index contributed by atoms with van der Waals surface area (Å²) in [5.41, 5.74) is -0.283. The predicted molar refractivity (Wildman–Crippen MR) is 73.7 cm³/mol. The molecule has 0 radical (unpaired) electrons. The van der Waals surface area contributed by atoms with Crippen molar-refractivity contribution in [2.75, 3.05) is 20.2 Å². The summed E-state index contributed by atoms with van der Waals surface area (Å²) >= 11 is 0. The molecule has 1 aliphatic carbocycles. The van der Waals surface area contributed by atoms with E-state index in [1.54, 1.807) is 14.0 Å². The highest BCUT2D eigenvalue weighted by molar-refractivity contribution is 5.86. The van der Waals surface area contributed by atoms with Gasteiger partial charge in [0.25, 0.3) is 5.91 Å². The summed E-state index contributed by atoms with van der Waals surface area (Å²) < 4.78 is 5.51. The molecule has 5 heteroatoms. The molecule has 1 fully saturated rings. The zero-order valence-corrected chi connectivity index (χ0v) is 12.7. The Balaban J connectivity index is 2.31. The van der Waals surface area contributed by atoms with Crippen LogP contribution in [0.4, 0.5) is 0 Å². The standard InChI is InChI=1S/C14H26N2O3/c1-10(19-9-11-6-7-11)13(18)16(5)8-12(17)15-14(2,3)4/h10-11H,6-9H2,1-5H3,(H,15,17). The molecular formula is C14H26N2O3. The number of carbonyl (C=O) groups is 2. The second-order valence-corrected chi connectivity index (χ2v) is 6.41. The van der Waals surface area contributed by atoms with Gasteiger partial charge in [0.15, 0.2) is 0 Å². The maximum absolute atomic E-state index is 12.0. The lowest BCUT2D eigenvalue weighted by molar-refractivity contribution is -0.144. The zero-order chi connectivity index (χ0) is 14.6. The molecule has 0 saturated heterocycles. The Kier molecular flexibility index (Phi) is 5.35. The van der Waals surface area contributed by atoms with E-state index in [0.29, 0.717) is 12.5 Å². The minimum Gasteiger partial charge on any atom is -0.368 e. The summed E-state index contributed by atoms with van der Waals surface area (Å²) in [5, 5.41) is 2.83. The Bertz CT molecular complexity index is 332. The van der Waals surface area contributed by atoms with Crippen molar-refractivity contribution in [3.63, 3.8) is 0 Å². The van der Waals surface area contributed by atoms with E-state index in [1.165, 1.54) is 17.7 Å². The van der Waals surface area contributed by atoms with Crippen molar-refractivity contribution in [1.82, 2.24) is 10.2 Å². The number of likely N-dealkylation sites (N-methyl/N-ethyl adjacent to an activating group) is 1. The molecular weight excluding hydrogens is 244 g/mol. The van der Waals surface area contributed by atoms with Gasteiger partial charge in [-0.2, -0.15) is 0 Å². The van der Waals surface area contributed by atoms with E-state index in [0.717, 1.165) is 0 Å². The highest BCUT2D eigenvalue weighted by atomic mass is 16.5. The molecule has 0 aliphatic heterocycles. The van der Waals surface area contributed by atoms with E-state index in [9.17, 15) is 9.59 Å². The smallest absolute Gasteiger partial charge is 0.251 e. The molecule has 0 heterocycles. The van der Waals surface area contributed by atoms with Gasteiger partial charge >= 0.3 is 0 Å². The zero-order valence-electron chi connectivity index (χ0n) is 12.7. The number of nitrogens with one attached hydrogen (secondary N) is 1. The van der Waals surface area contributed by atoms with Crippen LogP contribution in [0.1, 0.15) is 40.5 Å². The van der Waals surface area contributed by atoms with Crippen LogP contribution in [0.5, 0.6) is 0 Å². The first-order chi connectivity index (χ1) is 8.69. The third-order valence-electron chi connectivity index (χ3n) is 2.90. The second kappa shape index (κ2) is 6.37. The SMILES string of the molecule is CC(OCC1CC1)C(=O)N(C)CC(=O)NC(C)(C)C. The van der Waals surface area contributed by atoms with Crippen LogP contribution in [-0.2, 0) is 14.3 Å². The molecule has 0 aromatic heterocycles. The van der Waals surface area contributed by atoms with Crippen LogP contribution in [0, 0.1) is 5.92 Å². The highest BCUT2D eigenvalue weighted by Gasteiger charge is 2.26.